The van der Waals surface area contributed by atoms with Crippen LogP contribution >= 0.6 is 11.6 Å². The minimum Gasteiger partial charge on any atom is -0.483 e. The van der Waals surface area contributed by atoms with E-state index < -0.39 is 6.10 Å². The second kappa shape index (κ2) is 6.28. The van der Waals surface area contributed by atoms with Gasteiger partial charge in [0, 0.05) is 31.7 Å². The summed E-state index contributed by atoms with van der Waals surface area (Å²) in [6, 6.07) is 5.91. The van der Waals surface area contributed by atoms with Gasteiger partial charge in [0.05, 0.1) is 12.4 Å². The summed E-state index contributed by atoms with van der Waals surface area (Å²) >= 11 is 5.99. The first-order valence-corrected chi connectivity index (χ1v) is 7.70. The van der Waals surface area contributed by atoms with Gasteiger partial charge in [0.25, 0.3) is 0 Å². The lowest BCUT2D eigenvalue weighted by molar-refractivity contribution is 0.0736. The van der Waals surface area contributed by atoms with Crippen molar-refractivity contribution in [1.29, 1.82) is 0 Å². The number of aryl methyl sites for hydroxylation is 2. The molecule has 118 valence electrons. The number of β-amino-alcohol motifs (C(OH)–C–C–N with tert-alkyl or cyclic N) is 1. The average molecular weight is 322 g/mol. The first-order valence-electron chi connectivity index (χ1n) is 7.32. The zero-order valence-electron chi connectivity index (χ0n) is 12.7. The van der Waals surface area contributed by atoms with Gasteiger partial charge in [-0.25, -0.2) is 0 Å². The maximum absolute atomic E-state index is 10.2. The summed E-state index contributed by atoms with van der Waals surface area (Å²) in [6.45, 7) is 4.13. The van der Waals surface area contributed by atoms with Crippen molar-refractivity contribution in [3.63, 3.8) is 0 Å². The number of aromatic nitrogens is 2. The zero-order chi connectivity index (χ0) is 15.7. The van der Waals surface area contributed by atoms with Crippen LogP contribution in [0.15, 0.2) is 30.6 Å². The fourth-order valence-electron chi connectivity index (χ4n) is 2.79. The van der Waals surface area contributed by atoms with Crippen LogP contribution in [0.25, 0.3) is 0 Å². The van der Waals surface area contributed by atoms with Crippen LogP contribution in [0.2, 0.25) is 5.02 Å². The lowest BCUT2D eigenvalue weighted by Crippen LogP contribution is -2.29. The van der Waals surface area contributed by atoms with Crippen LogP contribution < -0.4 is 4.74 Å². The van der Waals surface area contributed by atoms with Gasteiger partial charge in [0.15, 0.2) is 5.75 Å². The molecule has 6 heteroatoms. The highest BCUT2D eigenvalue weighted by molar-refractivity contribution is 6.30. The van der Waals surface area contributed by atoms with Crippen LogP contribution in [0.1, 0.15) is 11.1 Å². The number of benzene rings is 1. The van der Waals surface area contributed by atoms with E-state index in [1.807, 2.05) is 25.2 Å². The van der Waals surface area contributed by atoms with Gasteiger partial charge in [-0.3, -0.25) is 9.58 Å². The van der Waals surface area contributed by atoms with Gasteiger partial charge in [0.1, 0.15) is 12.2 Å². The average Bonchev–Trinajstić information content (AvgIpc) is 3.00. The predicted octanol–water partition coefficient (Wildman–Crippen LogP) is 2.01. The van der Waals surface area contributed by atoms with Gasteiger partial charge >= 0.3 is 0 Å². The van der Waals surface area contributed by atoms with E-state index in [1.54, 1.807) is 17.1 Å². The molecule has 2 aromatic rings. The summed E-state index contributed by atoms with van der Waals surface area (Å²) in [5.74, 6) is 0.691. The number of aliphatic hydroxyl groups excluding tert-OH is 1. The van der Waals surface area contributed by atoms with Crippen molar-refractivity contribution in [3.8, 4) is 5.75 Å². The molecule has 5 nitrogen and oxygen atoms in total. The van der Waals surface area contributed by atoms with Crippen LogP contribution in [0, 0.1) is 6.92 Å². The highest BCUT2D eigenvalue weighted by Gasteiger charge is 2.33. The van der Waals surface area contributed by atoms with E-state index in [4.69, 9.17) is 16.3 Å². The summed E-state index contributed by atoms with van der Waals surface area (Å²) in [6.07, 6.45) is 2.75. The number of halogens is 1. The molecular weight excluding hydrogens is 302 g/mol. The van der Waals surface area contributed by atoms with E-state index in [1.165, 1.54) is 11.1 Å². The Morgan fingerprint density at radius 3 is 2.91 bits per heavy atom. The second-order valence-corrected chi connectivity index (χ2v) is 6.27. The maximum atomic E-state index is 10.2. The molecule has 0 radical (unpaired) electrons. The Bertz CT molecular complexity index is 659. The number of nitrogens with zero attached hydrogens (tertiary/aromatic N) is 3. The highest BCUT2D eigenvalue weighted by atomic mass is 35.5. The van der Waals surface area contributed by atoms with E-state index >= 15 is 0 Å². The number of likely N-dealkylation sites (tertiary alicyclic amines) is 1. The Morgan fingerprint density at radius 1 is 1.41 bits per heavy atom. The molecule has 0 aliphatic carbocycles. The van der Waals surface area contributed by atoms with Gasteiger partial charge in [0.2, 0.25) is 0 Å². The molecule has 1 saturated heterocycles. The molecule has 1 N–H and O–H groups in total. The highest BCUT2D eigenvalue weighted by Crippen LogP contribution is 2.22. The van der Waals surface area contributed by atoms with Crippen molar-refractivity contribution in [1.82, 2.24) is 14.7 Å². The normalized spacial score (nSPS) is 22.2. The molecule has 1 aliphatic rings. The second-order valence-electron chi connectivity index (χ2n) is 5.84. The van der Waals surface area contributed by atoms with E-state index in [-0.39, 0.29) is 6.10 Å². The number of ether oxygens (including phenoxy) is 1. The molecule has 22 heavy (non-hydrogen) atoms. The van der Waals surface area contributed by atoms with E-state index in [0.29, 0.717) is 18.8 Å². The van der Waals surface area contributed by atoms with Gasteiger partial charge in [-0.2, -0.15) is 5.10 Å². The molecule has 1 aromatic carbocycles. The molecule has 0 amide bonds. The standard InChI is InChI=1S/C16H20ClN3O2/c1-11-5-13(17)4-3-12(11)7-20-9-15(21)16(10-20)22-14-6-18-19(2)8-14/h3-6,8,15-16,21H,7,9-10H2,1-2H3/t15-,16-/m1/s1. The lowest BCUT2D eigenvalue weighted by atomic mass is 10.1. The van der Waals surface area contributed by atoms with Crippen molar-refractivity contribution >= 4 is 11.6 Å². The Hall–Kier alpha value is -1.56. The largest absolute Gasteiger partial charge is 0.483 e. The summed E-state index contributed by atoms with van der Waals surface area (Å²) in [4.78, 5) is 2.20. The number of hydrogen-bond acceptors (Lipinski definition) is 4. The molecule has 0 spiro atoms. The number of aliphatic hydroxyl groups is 1. The van der Waals surface area contributed by atoms with Crippen molar-refractivity contribution < 1.29 is 9.84 Å². The Labute approximate surface area is 135 Å². The molecule has 1 fully saturated rings. The van der Waals surface area contributed by atoms with Gasteiger partial charge in [-0.05, 0) is 30.2 Å². The zero-order valence-corrected chi connectivity index (χ0v) is 13.5. The van der Waals surface area contributed by atoms with Crippen molar-refractivity contribution in [2.24, 2.45) is 7.05 Å². The lowest BCUT2D eigenvalue weighted by Gasteiger charge is -2.17. The van der Waals surface area contributed by atoms with E-state index in [2.05, 4.69) is 16.9 Å². The third-order valence-electron chi connectivity index (χ3n) is 3.98. The third kappa shape index (κ3) is 3.43. The minimum atomic E-state index is -0.493. The first kappa shape index (κ1) is 15.3. The van der Waals surface area contributed by atoms with Crippen LogP contribution in [0.5, 0.6) is 5.75 Å². The van der Waals surface area contributed by atoms with Crippen LogP contribution in [-0.2, 0) is 13.6 Å². The van der Waals surface area contributed by atoms with Gasteiger partial charge in [-0.15, -0.1) is 0 Å². The predicted molar refractivity (Wildman–Crippen MR) is 85.1 cm³/mol. The Balaban J connectivity index is 1.62. The Kier molecular flexibility index (Phi) is 4.38. The molecule has 1 aliphatic heterocycles. The fraction of sp³-hybridized carbons (Fsp3) is 0.438. The molecule has 0 saturated carbocycles. The SMILES string of the molecule is Cc1cc(Cl)ccc1CN1C[C@@H](O)[C@H](Oc2cnn(C)c2)C1. The molecule has 2 atom stereocenters. The molecule has 0 bridgehead atoms. The number of rotatable bonds is 4. The molecule has 0 unspecified atom stereocenters. The number of hydrogen-bond donors (Lipinski definition) is 1. The first-order chi connectivity index (χ1) is 10.5. The van der Waals surface area contributed by atoms with Crippen molar-refractivity contribution in [3.05, 3.63) is 46.7 Å². The van der Waals surface area contributed by atoms with Crippen molar-refractivity contribution in [2.75, 3.05) is 13.1 Å². The summed E-state index contributed by atoms with van der Waals surface area (Å²) in [5, 5.41) is 15.0. The smallest absolute Gasteiger partial charge is 0.157 e. The van der Waals surface area contributed by atoms with Crippen LogP contribution in [0.3, 0.4) is 0 Å². The molecule has 3 rings (SSSR count). The molecule has 2 heterocycles. The molecule has 1 aromatic heterocycles. The van der Waals surface area contributed by atoms with E-state index in [0.717, 1.165) is 11.6 Å². The van der Waals surface area contributed by atoms with Crippen LogP contribution in [-0.4, -0.2) is 45.1 Å². The summed E-state index contributed by atoms with van der Waals surface area (Å²) < 4.78 is 7.52. The third-order valence-corrected chi connectivity index (χ3v) is 4.21. The van der Waals surface area contributed by atoms with Gasteiger partial charge < -0.3 is 9.84 Å². The minimum absolute atomic E-state index is 0.225. The fourth-order valence-corrected chi connectivity index (χ4v) is 3.02. The monoisotopic (exact) mass is 321 g/mol. The topological polar surface area (TPSA) is 50.5 Å². The maximum Gasteiger partial charge on any atom is 0.157 e. The molecular formula is C16H20ClN3O2. The van der Waals surface area contributed by atoms with E-state index in [9.17, 15) is 5.11 Å². The van der Waals surface area contributed by atoms with Gasteiger partial charge in [-0.1, -0.05) is 17.7 Å². The quantitative estimate of drug-likeness (QED) is 0.936. The van der Waals surface area contributed by atoms with Crippen molar-refractivity contribution in [2.45, 2.75) is 25.7 Å². The summed E-state index contributed by atoms with van der Waals surface area (Å²) in [7, 11) is 1.84. The summed E-state index contributed by atoms with van der Waals surface area (Å²) in [5.41, 5.74) is 2.39. The Morgan fingerprint density at radius 2 is 2.23 bits per heavy atom. The van der Waals surface area contributed by atoms with Crippen LogP contribution in [0.4, 0.5) is 0 Å².